The van der Waals surface area contributed by atoms with Crippen molar-refractivity contribution in [3.05, 3.63) is 81.5 Å². The Kier molecular flexibility index (Phi) is 7.42. The van der Waals surface area contributed by atoms with Crippen molar-refractivity contribution in [1.82, 2.24) is 9.88 Å². The first-order chi connectivity index (χ1) is 15.7. The SMILES string of the molecule is COc1ccccc1CN(Cc1csc(-c2cccc(OC)c2OC)n1)Cc1cccs1. The van der Waals surface area contributed by atoms with Crippen molar-refractivity contribution >= 4 is 22.7 Å². The zero-order valence-electron chi connectivity index (χ0n) is 18.4. The smallest absolute Gasteiger partial charge is 0.170 e. The molecule has 2 heterocycles. The summed E-state index contributed by atoms with van der Waals surface area (Å²) in [4.78, 5) is 8.65. The van der Waals surface area contributed by atoms with Gasteiger partial charge < -0.3 is 14.2 Å². The molecule has 0 saturated carbocycles. The lowest BCUT2D eigenvalue weighted by molar-refractivity contribution is 0.243. The fraction of sp³-hybridized carbons (Fsp3) is 0.240. The van der Waals surface area contributed by atoms with E-state index >= 15 is 0 Å². The molecule has 0 radical (unpaired) electrons. The molecule has 0 aliphatic carbocycles. The van der Waals surface area contributed by atoms with Gasteiger partial charge in [-0.2, -0.15) is 0 Å². The van der Waals surface area contributed by atoms with Gasteiger partial charge in [0.2, 0.25) is 0 Å². The third-order valence-corrected chi connectivity index (χ3v) is 6.90. The van der Waals surface area contributed by atoms with Gasteiger partial charge in [-0.3, -0.25) is 4.90 Å². The highest BCUT2D eigenvalue weighted by molar-refractivity contribution is 7.13. The van der Waals surface area contributed by atoms with Crippen LogP contribution in [-0.2, 0) is 19.6 Å². The molecule has 5 nitrogen and oxygen atoms in total. The van der Waals surface area contributed by atoms with E-state index in [2.05, 4.69) is 39.9 Å². The fourth-order valence-corrected chi connectivity index (χ4v) is 5.23. The van der Waals surface area contributed by atoms with Crippen LogP contribution in [-0.4, -0.2) is 31.2 Å². The minimum Gasteiger partial charge on any atom is -0.496 e. The molecule has 0 spiro atoms. The molecule has 0 aliphatic rings. The van der Waals surface area contributed by atoms with Gasteiger partial charge >= 0.3 is 0 Å². The lowest BCUT2D eigenvalue weighted by Crippen LogP contribution is -2.22. The van der Waals surface area contributed by atoms with Gasteiger partial charge in [-0.15, -0.1) is 22.7 Å². The topological polar surface area (TPSA) is 43.8 Å². The molecule has 0 unspecified atom stereocenters. The van der Waals surface area contributed by atoms with Crippen LogP contribution in [0.1, 0.15) is 16.1 Å². The zero-order chi connectivity index (χ0) is 22.3. The zero-order valence-corrected chi connectivity index (χ0v) is 20.0. The summed E-state index contributed by atoms with van der Waals surface area (Å²) in [5.74, 6) is 2.32. The molecule has 0 fully saturated rings. The summed E-state index contributed by atoms with van der Waals surface area (Å²) in [6.45, 7) is 2.36. The summed E-state index contributed by atoms with van der Waals surface area (Å²) < 4.78 is 16.6. The third-order valence-electron chi connectivity index (χ3n) is 5.12. The maximum atomic E-state index is 5.61. The predicted molar refractivity (Wildman–Crippen MR) is 131 cm³/mol. The molecule has 32 heavy (non-hydrogen) atoms. The van der Waals surface area contributed by atoms with E-state index in [1.165, 1.54) is 4.88 Å². The molecule has 2 aromatic carbocycles. The van der Waals surface area contributed by atoms with Gasteiger partial charge in [0.15, 0.2) is 11.5 Å². The van der Waals surface area contributed by atoms with E-state index in [0.29, 0.717) is 11.5 Å². The van der Waals surface area contributed by atoms with Crippen LogP contribution in [0.4, 0.5) is 0 Å². The van der Waals surface area contributed by atoms with Gasteiger partial charge in [-0.05, 0) is 29.6 Å². The molecule has 4 rings (SSSR count). The Morgan fingerprint density at radius 2 is 1.59 bits per heavy atom. The first kappa shape index (κ1) is 22.3. The number of rotatable bonds is 10. The van der Waals surface area contributed by atoms with E-state index in [1.807, 2.05) is 30.3 Å². The molecule has 0 amide bonds. The van der Waals surface area contributed by atoms with Crippen molar-refractivity contribution in [2.24, 2.45) is 0 Å². The number of methoxy groups -OCH3 is 3. The average molecular weight is 467 g/mol. The number of para-hydroxylation sites is 2. The Hall–Kier alpha value is -2.87. The average Bonchev–Trinajstić information content (AvgIpc) is 3.51. The molecule has 0 bridgehead atoms. The molecule has 0 saturated heterocycles. The van der Waals surface area contributed by atoms with Crippen LogP contribution in [0.5, 0.6) is 17.2 Å². The number of benzene rings is 2. The second kappa shape index (κ2) is 10.6. The molecular formula is C25H26N2O3S2. The van der Waals surface area contributed by atoms with E-state index in [1.54, 1.807) is 44.0 Å². The quantitative estimate of drug-likeness (QED) is 0.283. The monoisotopic (exact) mass is 466 g/mol. The number of hydrogen-bond acceptors (Lipinski definition) is 7. The molecule has 4 aromatic rings. The van der Waals surface area contributed by atoms with Gasteiger partial charge in [0.1, 0.15) is 10.8 Å². The normalized spacial score (nSPS) is 11.0. The van der Waals surface area contributed by atoms with Crippen molar-refractivity contribution in [3.8, 4) is 27.8 Å². The summed E-state index contributed by atoms with van der Waals surface area (Å²) >= 11 is 3.39. The Labute approximate surface area is 196 Å². The summed E-state index contributed by atoms with van der Waals surface area (Å²) in [5.41, 5.74) is 3.13. The first-order valence-electron chi connectivity index (χ1n) is 10.2. The van der Waals surface area contributed by atoms with Crippen molar-refractivity contribution < 1.29 is 14.2 Å². The van der Waals surface area contributed by atoms with Crippen molar-refractivity contribution in [1.29, 1.82) is 0 Å². The standard InChI is InChI=1S/C25H26N2O3S2/c1-28-22-11-5-4-8-18(22)14-27(16-20-9-7-13-31-20)15-19-17-32-25(26-19)21-10-6-12-23(29-2)24(21)30-3/h4-13,17H,14-16H2,1-3H3. The van der Waals surface area contributed by atoms with Gasteiger partial charge in [0.05, 0.1) is 32.6 Å². The Balaban J connectivity index is 1.59. The van der Waals surface area contributed by atoms with Gasteiger partial charge in [-0.25, -0.2) is 4.98 Å². The largest absolute Gasteiger partial charge is 0.496 e. The highest BCUT2D eigenvalue weighted by atomic mass is 32.1. The van der Waals surface area contributed by atoms with Crippen LogP contribution in [0, 0.1) is 0 Å². The number of aromatic nitrogens is 1. The van der Waals surface area contributed by atoms with Crippen molar-refractivity contribution in [2.75, 3.05) is 21.3 Å². The van der Waals surface area contributed by atoms with Crippen LogP contribution < -0.4 is 14.2 Å². The van der Waals surface area contributed by atoms with E-state index in [4.69, 9.17) is 19.2 Å². The molecule has 0 aliphatic heterocycles. The second-order valence-corrected chi connectivity index (χ2v) is 9.11. The minimum absolute atomic E-state index is 0.706. The molecule has 166 valence electrons. The fourth-order valence-electron chi connectivity index (χ4n) is 3.65. The Morgan fingerprint density at radius 3 is 2.34 bits per heavy atom. The molecule has 7 heteroatoms. The maximum absolute atomic E-state index is 5.61. The number of thiophene rings is 1. The number of thiazole rings is 1. The number of nitrogens with zero attached hydrogens (tertiary/aromatic N) is 2. The maximum Gasteiger partial charge on any atom is 0.170 e. The first-order valence-corrected chi connectivity index (χ1v) is 12.0. The molecular weight excluding hydrogens is 440 g/mol. The number of hydrogen-bond donors (Lipinski definition) is 0. The van der Waals surface area contributed by atoms with Gasteiger partial charge in [-0.1, -0.05) is 30.3 Å². The van der Waals surface area contributed by atoms with Gasteiger partial charge in [0, 0.05) is 35.5 Å². The highest BCUT2D eigenvalue weighted by Crippen LogP contribution is 2.39. The highest BCUT2D eigenvalue weighted by Gasteiger charge is 2.17. The molecule has 2 aromatic heterocycles. The summed E-state index contributed by atoms with van der Waals surface area (Å²) in [7, 11) is 5.03. The van der Waals surface area contributed by atoms with Crippen LogP contribution in [0.25, 0.3) is 10.6 Å². The second-order valence-electron chi connectivity index (χ2n) is 7.22. The number of ether oxygens (including phenoxy) is 3. The van der Waals surface area contributed by atoms with Crippen molar-refractivity contribution in [3.63, 3.8) is 0 Å². The Bertz CT molecular complexity index is 1140. The van der Waals surface area contributed by atoms with Crippen LogP contribution in [0.2, 0.25) is 0 Å². The van der Waals surface area contributed by atoms with Crippen LogP contribution in [0.3, 0.4) is 0 Å². The van der Waals surface area contributed by atoms with Crippen LogP contribution in [0.15, 0.2) is 65.4 Å². The summed E-state index contributed by atoms with van der Waals surface area (Å²) in [6.07, 6.45) is 0. The predicted octanol–water partition coefficient (Wildman–Crippen LogP) is 6.10. The summed E-state index contributed by atoms with van der Waals surface area (Å²) in [5, 5.41) is 5.16. The van der Waals surface area contributed by atoms with Crippen molar-refractivity contribution in [2.45, 2.75) is 19.6 Å². The lowest BCUT2D eigenvalue weighted by Gasteiger charge is -2.22. The van der Waals surface area contributed by atoms with E-state index < -0.39 is 0 Å². The van der Waals surface area contributed by atoms with E-state index in [-0.39, 0.29) is 0 Å². The molecule has 0 atom stereocenters. The van der Waals surface area contributed by atoms with E-state index in [9.17, 15) is 0 Å². The summed E-state index contributed by atoms with van der Waals surface area (Å²) in [6, 6.07) is 18.3. The Morgan fingerprint density at radius 1 is 0.781 bits per heavy atom. The van der Waals surface area contributed by atoms with Crippen LogP contribution >= 0.6 is 22.7 Å². The van der Waals surface area contributed by atoms with Gasteiger partial charge in [0.25, 0.3) is 0 Å². The van der Waals surface area contributed by atoms with E-state index in [0.717, 1.165) is 47.2 Å². The lowest BCUT2D eigenvalue weighted by atomic mass is 10.1. The third kappa shape index (κ3) is 5.12. The molecule has 0 N–H and O–H groups in total. The minimum atomic E-state index is 0.706.